The molecule has 16 heavy (non-hydrogen) atoms. The minimum Gasteiger partial charge on any atom is -0.274 e. The van der Waals surface area contributed by atoms with Gasteiger partial charge in [0.2, 0.25) is 11.8 Å². The molecule has 0 aliphatic carbocycles. The second kappa shape index (κ2) is 5.87. The normalized spacial score (nSPS) is 9.94. The first kappa shape index (κ1) is 12.2. The van der Waals surface area contributed by atoms with Crippen LogP contribution in [0.2, 0.25) is 0 Å². The Balaban J connectivity index is 2.63. The van der Waals surface area contributed by atoms with Crippen LogP contribution in [-0.2, 0) is 16.1 Å². The molecule has 0 aliphatic heterocycles. The molecular formula is C11H15N3O2. The highest BCUT2D eigenvalue weighted by molar-refractivity contribution is 5.74. The Morgan fingerprint density at radius 1 is 1.06 bits per heavy atom. The summed E-state index contributed by atoms with van der Waals surface area (Å²) in [5.41, 5.74) is 6.04. The largest absolute Gasteiger partial charge is 0.274 e. The fourth-order valence-corrected chi connectivity index (χ4v) is 1.25. The number of hydrazine groups is 2. The van der Waals surface area contributed by atoms with Crippen molar-refractivity contribution in [1.82, 2.24) is 16.0 Å². The van der Waals surface area contributed by atoms with E-state index in [1.807, 2.05) is 30.3 Å². The van der Waals surface area contributed by atoms with Gasteiger partial charge in [-0.2, -0.15) is 0 Å². The highest BCUT2D eigenvalue weighted by Crippen LogP contribution is 2.00. The van der Waals surface area contributed by atoms with Crippen LogP contribution in [0, 0.1) is 0 Å². The summed E-state index contributed by atoms with van der Waals surface area (Å²) < 4.78 is 0. The lowest BCUT2D eigenvalue weighted by molar-refractivity contribution is -0.131. The van der Waals surface area contributed by atoms with E-state index in [2.05, 4.69) is 10.9 Å². The highest BCUT2D eigenvalue weighted by Gasteiger charge is 2.07. The summed E-state index contributed by atoms with van der Waals surface area (Å²) in [6.07, 6.45) is 0. The van der Waals surface area contributed by atoms with E-state index < -0.39 is 0 Å². The molecule has 0 saturated heterocycles. The molecule has 5 heteroatoms. The Labute approximate surface area is 94.4 Å². The van der Waals surface area contributed by atoms with Crippen LogP contribution in [0.5, 0.6) is 0 Å². The highest BCUT2D eigenvalue weighted by atomic mass is 16.2. The number of nitrogens with one attached hydrogen (secondary N) is 2. The van der Waals surface area contributed by atoms with Gasteiger partial charge in [0, 0.05) is 13.8 Å². The lowest BCUT2D eigenvalue weighted by Crippen LogP contribution is -2.51. The molecule has 2 N–H and O–H groups in total. The maximum absolute atomic E-state index is 10.9. The summed E-state index contributed by atoms with van der Waals surface area (Å²) in [5.74, 6) is -0.464. The Hall–Kier alpha value is -1.88. The predicted molar refractivity (Wildman–Crippen MR) is 59.6 cm³/mol. The molecule has 0 saturated carbocycles. The summed E-state index contributed by atoms with van der Waals surface area (Å²) in [5, 5.41) is 1.36. The Morgan fingerprint density at radius 3 is 2.00 bits per heavy atom. The maximum atomic E-state index is 10.9. The lowest BCUT2D eigenvalue weighted by atomic mass is 10.2. The van der Waals surface area contributed by atoms with E-state index in [-0.39, 0.29) is 11.8 Å². The van der Waals surface area contributed by atoms with Crippen molar-refractivity contribution in [3.63, 3.8) is 0 Å². The molecule has 0 fully saturated rings. The van der Waals surface area contributed by atoms with Crippen LogP contribution in [-0.4, -0.2) is 16.9 Å². The fraction of sp³-hybridized carbons (Fsp3) is 0.273. The van der Waals surface area contributed by atoms with Gasteiger partial charge >= 0.3 is 0 Å². The number of rotatable bonds is 4. The van der Waals surface area contributed by atoms with Gasteiger partial charge in [0.25, 0.3) is 0 Å². The third-order valence-electron chi connectivity index (χ3n) is 1.77. The van der Waals surface area contributed by atoms with Crippen molar-refractivity contribution < 1.29 is 9.59 Å². The minimum absolute atomic E-state index is 0.232. The monoisotopic (exact) mass is 221 g/mol. The first-order valence-corrected chi connectivity index (χ1v) is 4.94. The van der Waals surface area contributed by atoms with Gasteiger partial charge < -0.3 is 0 Å². The van der Waals surface area contributed by atoms with Crippen LogP contribution in [0.15, 0.2) is 30.3 Å². The van der Waals surface area contributed by atoms with Crippen LogP contribution in [0.1, 0.15) is 19.4 Å². The molecule has 0 aliphatic rings. The molecule has 1 rings (SSSR count). The van der Waals surface area contributed by atoms with Crippen molar-refractivity contribution >= 4 is 11.8 Å². The van der Waals surface area contributed by atoms with Gasteiger partial charge in [0.05, 0.1) is 6.54 Å². The quantitative estimate of drug-likeness (QED) is 0.731. The van der Waals surface area contributed by atoms with Gasteiger partial charge in [-0.3, -0.25) is 20.4 Å². The second-order valence-electron chi connectivity index (χ2n) is 3.41. The number of carbonyl (C=O) groups excluding carboxylic acids is 2. The minimum atomic E-state index is -0.232. The smallest absolute Gasteiger partial charge is 0.232 e. The Morgan fingerprint density at radius 2 is 1.56 bits per heavy atom. The van der Waals surface area contributed by atoms with E-state index in [0.29, 0.717) is 6.54 Å². The SMILES string of the molecule is CC(=O)NN(Cc1ccccc1)NC(C)=O. The van der Waals surface area contributed by atoms with Gasteiger partial charge in [-0.15, -0.1) is 5.12 Å². The summed E-state index contributed by atoms with van der Waals surface area (Å²) in [6.45, 7) is 3.19. The van der Waals surface area contributed by atoms with Crippen molar-refractivity contribution in [3.05, 3.63) is 35.9 Å². The average Bonchev–Trinajstić information content (AvgIpc) is 2.16. The zero-order valence-corrected chi connectivity index (χ0v) is 9.36. The zero-order chi connectivity index (χ0) is 12.0. The topological polar surface area (TPSA) is 61.4 Å². The van der Waals surface area contributed by atoms with Crippen LogP contribution in [0.4, 0.5) is 0 Å². The maximum Gasteiger partial charge on any atom is 0.232 e. The number of carbonyl (C=O) groups is 2. The van der Waals surface area contributed by atoms with E-state index in [1.165, 1.54) is 19.0 Å². The van der Waals surface area contributed by atoms with E-state index in [4.69, 9.17) is 0 Å². The van der Waals surface area contributed by atoms with Gasteiger partial charge in [-0.1, -0.05) is 30.3 Å². The molecule has 0 atom stereocenters. The Bertz CT molecular complexity index is 349. The second-order valence-corrected chi connectivity index (χ2v) is 3.41. The van der Waals surface area contributed by atoms with Crippen LogP contribution >= 0.6 is 0 Å². The predicted octanol–water partition coefficient (Wildman–Crippen LogP) is 0.591. The number of nitrogens with zero attached hydrogens (tertiary/aromatic N) is 1. The number of hydrogen-bond acceptors (Lipinski definition) is 3. The van der Waals surface area contributed by atoms with Crippen molar-refractivity contribution in [2.45, 2.75) is 20.4 Å². The number of hydrogen-bond donors (Lipinski definition) is 2. The molecule has 0 heterocycles. The van der Waals surface area contributed by atoms with Gasteiger partial charge in [0.15, 0.2) is 0 Å². The molecule has 0 bridgehead atoms. The van der Waals surface area contributed by atoms with Crippen molar-refractivity contribution in [2.24, 2.45) is 0 Å². The van der Waals surface area contributed by atoms with Gasteiger partial charge in [0.1, 0.15) is 0 Å². The third-order valence-corrected chi connectivity index (χ3v) is 1.77. The molecule has 0 radical (unpaired) electrons. The van der Waals surface area contributed by atoms with Crippen LogP contribution < -0.4 is 10.9 Å². The third kappa shape index (κ3) is 4.56. The number of amides is 2. The molecule has 2 amide bonds. The molecule has 0 aromatic heterocycles. The summed E-state index contributed by atoms with van der Waals surface area (Å²) in [4.78, 5) is 21.8. The molecule has 1 aromatic rings. The van der Waals surface area contributed by atoms with Crippen LogP contribution in [0.25, 0.3) is 0 Å². The molecular weight excluding hydrogens is 206 g/mol. The zero-order valence-electron chi connectivity index (χ0n) is 9.36. The van der Waals surface area contributed by atoms with E-state index >= 15 is 0 Å². The lowest BCUT2D eigenvalue weighted by Gasteiger charge is -2.22. The average molecular weight is 221 g/mol. The first-order valence-electron chi connectivity index (χ1n) is 4.94. The van der Waals surface area contributed by atoms with Crippen molar-refractivity contribution in [1.29, 1.82) is 0 Å². The molecule has 0 unspecified atom stereocenters. The first-order chi connectivity index (χ1) is 7.58. The van der Waals surface area contributed by atoms with Crippen LogP contribution in [0.3, 0.4) is 0 Å². The molecule has 86 valence electrons. The fourth-order valence-electron chi connectivity index (χ4n) is 1.25. The summed E-state index contributed by atoms with van der Waals surface area (Å²) in [6, 6.07) is 9.53. The van der Waals surface area contributed by atoms with Gasteiger partial charge in [-0.05, 0) is 5.56 Å². The van der Waals surface area contributed by atoms with Crippen molar-refractivity contribution in [2.75, 3.05) is 0 Å². The van der Waals surface area contributed by atoms with Crippen molar-refractivity contribution in [3.8, 4) is 0 Å². The molecule has 0 spiro atoms. The van der Waals surface area contributed by atoms with E-state index in [0.717, 1.165) is 5.56 Å². The molecule has 1 aromatic carbocycles. The Kier molecular flexibility index (Phi) is 4.47. The summed E-state index contributed by atoms with van der Waals surface area (Å²) >= 11 is 0. The standard InChI is InChI=1S/C11H15N3O2/c1-9(15)12-14(13-10(2)16)8-11-6-4-3-5-7-11/h3-7H,8H2,1-2H3,(H,12,15)(H,13,16). The number of benzene rings is 1. The molecule has 5 nitrogen and oxygen atoms in total. The van der Waals surface area contributed by atoms with E-state index in [1.54, 1.807) is 0 Å². The van der Waals surface area contributed by atoms with E-state index in [9.17, 15) is 9.59 Å². The van der Waals surface area contributed by atoms with Gasteiger partial charge in [-0.25, -0.2) is 0 Å². The summed E-state index contributed by atoms with van der Waals surface area (Å²) in [7, 11) is 0.